The van der Waals surface area contributed by atoms with Gasteiger partial charge in [-0.1, -0.05) is 12.8 Å². The van der Waals surface area contributed by atoms with Crippen molar-refractivity contribution in [2.24, 2.45) is 0 Å². The van der Waals surface area contributed by atoms with Crippen molar-refractivity contribution in [3.05, 3.63) is 15.5 Å². The van der Waals surface area contributed by atoms with Crippen LogP contribution in [0.5, 0.6) is 0 Å². The minimum Gasteiger partial charge on any atom is -0.480 e. The van der Waals surface area contributed by atoms with Gasteiger partial charge in [0.15, 0.2) is 5.69 Å². The van der Waals surface area contributed by atoms with E-state index in [2.05, 4.69) is 25.6 Å². The van der Waals surface area contributed by atoms with E-state index in [9.17, 15) is 14.7 Å². The number of rotatable bonds is 3. The Hall–Kier alpha value is -0.950. The molecular formula is C10H11BrN2O3S. The SMILES string of the molecule is O=C(NC1(C(=O)O)CCCC1)c1nscc1Br. The fourth-order valence-electron chi connectivity index (χ4n) is 2.02. The van der Waals surface area contributed by atoms with Gasteiger partial charge < -0.3 is 10.4 Å². The maximum Gasteiger partial charge on any atom is 0.329 e. The molecule has 7 heteroatoms. The van der Waals surface area contributed by atoms with Gasteiger partial charge in [-0.3, -0.25) is 4.79 Å². The summed E-state index contributed by atoms with van der Waals surface area (Å²) in [6, 6.07) is 0. The van der Waals surface area contributed by atoms with Crippen molar-refractivity contribution >= 4 is 39.3 Å². The number of nitrogens with one attached hydrogen (secondary N) is 1. The number of aliphatic carboxylic acids is 1. The van der Waals surface area contributed by atoms with Crippen LogP contribution in [0.15, 0.2) is 9.85 Å². The number of carboxylic acids is 1. The highest BCUT2D eigenvalue weighted by Crippen LogP contribution is 2.30. The maximum atomic E-state index is 11.9. The van der Waals surface area contributed by atoms with Crippen LogP contribution in [0.3, 0.4) is 0 Å². The summed E-state index contributed by atoms with van der Waals surface area (Å²) in [6.07, 6.45) is 2.61. The number of hydrogen-bond acceptors (Lipinski definition) is 4. The van der Waals surface area contributed by atoms with E-state index >= 15 is 0 Å². The standard InChI is InChI=1S/C10H11BrN2O3S/c11-6-5-17-13-7(6)8(14)12-10(9(15)16)3-1-2-4-10/h5H,1-4H2,(H,12,14)(H,15,16). The molecule has 0 unspecified atom stereocenters. The van der Waals surface area contributed by atoms with E-state index in [1.165, 1.54) is 0 Å². The minimum absolute atomic E-state index is 0.252. The van der Waals surface area contributed by atoms with E-state index in [-0.39, 0.29) is 5.69 Å². The lowest BCUT2D eigenvalue weighted by Gasteiger charge is -2.24. The van der Waals surface area contributed by atoms with Crippen molar-refractivity contribution in [3.63, 3.8) is 0 Å². The highest BCUT2D eigenvalue weighted by molar-refractivity contribution is 9.10. The molecule has 2 rings (SSSR count). The summed E-state index contributed by atoms with van der Waals surface area (Å²) < 4.78 is 4.53. The number of hydrogen-bond donors (Lipinski definition) is 2. The second kappa shape index (κ2) is 4.73. The van der Waals surface area contributed by atoms with Gasteiger partial charge in [0.1, 0.15) is 5.54 Å². The molecule has 0 aliphatic heterocycles. The molecule has 0 aromatic carbocycles. The first-order valence-electron chi connectivity index (χ1n) is 5.21. The number of carboxylic acid groups (broad SMARTS) is 1. The first-order valence-corrected chi connectivity index (χ1v) is 6.84. The molecule has 92 valence electrons. The molecule has 1 aliphatic carbocycles. The second-order valence-corrected chi connectivity index (χ2v) is 5.54. The summed E-state index contributed by atoms with van der Waals surface area (Å²) in [5.74, 6) is -1.39. The van der Waals surface area contributed by atoms with Crippen LogP contribution in [-0.4, -0.2) is 26.9 Å². The van der Waals surface area contributed by atoms with Crippen molar-refractivity contribution in [1.29, 1.82) is 0 Å². The number of nitrogens with zero attached hydrogens (tertiary/aromatic N) is 1. The van der Waals surface area contributed by atoms with Crippen LogP contribution < -0.4 is 5.32 Å². The topological polar surface area (TPSA) is 79.3 Å². The zero-order valence-electron chi connectivity index (χ0n) is 8.90. The first kappa shape index (κ1) is 12.5. The number of carbonyl (C=O) groups is 2. The summed E-state index contributed by atoms with van der Waals surface area (Å²) in [4.78, 5) is 23.2. The fraction of sp³-hybridized carbons (Fsp3) is 0.500. The lowest BCUT2D eigenvalue weighted by Crippen LogP contribution is -2.52. The Bertz CT molecular complexity index is 454. The van der Waals surface area contributed by atoms with E-state index < -0.39 is 17.4 Å². The lowest BCUT2D eigenvalue weighted by molar-refractivity contribution is -0.144. The third-order valence-electron chi connectivity index (χ3n) is 2.96. The highest BCUT2D eigenvalue weighted by atomic mass is 79.9. The van der Waals surface area contributed by atoms with Gasteiger partial charge in [-0.2, -0.15) is 4.37 Å². The molecule has 1 saturated carbocycles. The van der Waals surface area contributed by atoms with Crippen LogP contribution in [0, 0.1) is 0 Å². The highest BCUT2D eigenvalue weighted by Gasteiger charge is 2.43. The molecule has 0 radical (unpaired) electrons. The van der Waals surface area contributed by atoms with Crippen LogP contribution in [0.1, 0.15) is 36.2 Å². The number of halogens is 1. The minimum atomic E-state index is -1.11. The van der Waals surface area contributed by atoms with Crippen LogP contribution in [-0.2, 0) is 4.79 Å². The zero-order chi connectivity index (χ0) is 12.5. The molecule has 1 amide bonds. The average molecular weight is 319 g/mol. The van der Waals surface area contributed by atoms with Crippen molar-refractivity contribution in [2.75, 3.05) is 0 Å². The Morgan fingerprint density at radius 3 is 2.59 bits per heavy atom. The van der Waals surface area contributed by atoms with Gasteiger partial charge >= 0.3 is 5.97 Å². The van der Waals surface area contributed by atoms with E-state index in [0.29, 0.717) is 17.3 Å². The fourth-order valence-corrected chi connectivity index (χ4v) is 3.20. The van der Waals surface area contributed by atoms with Gasteiger partial charge in [-0.25, -0.2) is 4.79 Å². The molecule has 1 aromatic heterocycles. The van der Waals surface area contributed by atoms with Crippen molar-refractivity contribution < 1.29 is 14.7 Å². The first-order chi connectivity index (χ1) is 8.05. The van der Waals surface area contributed by atoms with Crippen molar-refractivity contribution in [2.45, 2.75) is 31.2 Å². The Morgan fingerprint density at radius 2 is 2.12 bits per heavy atom. The molecule has 1 fully saturated rings. The van der Waals surface area contributed by atoms with Gasteiger partial charge in [-0.05, 0) is 40.3 Å². The Morgan fingerprint density at radius 1 is 1.47 bits per heavy atom. The maximum absolute atomic E-state index is 11.9. The molecule has 0 saturated heterocycles. The summed E-state index contributed by atoms with van der Waals surface area (Å²) in [7, 11) is 0. The number of amides is 1. The van der Waals surface area contributed by atoms with Gasteiger partial charge in [0.2, 0.25) is 0 Å². The lowest BCUT2D eigenvalue weighted by atomic mass is 9.97. The molecule has 0 spiro atoms. The summed E-state index contributed by atoms with van der Waals surface area (Å²) in [5, 5.41) is 13.5. The normalized spacial score (nSPS) is 17.9. The van der Waals surface area contributed by atoms with E-state index in [4.69, 9.17) is 0 Å². The third-order valence-corrected chi connectivity index (χ3v) is 4.50. The predicted octanol–water partition coefficient (Wildman–Crippen LogP) is 2.03. The quantitative estimate of drug-likeness (QED) is 0.893. The summed E-state index contributed by atoms with van der Waals surface area (Å²) in [6.45, 7) is 0. The van der Waals surface area contributed by atoms with Gasteiger partial charge in [0.05, 0.1) is 4.47 Å². The summed E-state index contributed by atoms with van der Waals surface area (Å²) in [5.41, 5.74) is -0.859. The molecule has 0 atom stereocenters. The molecule has 17 heavy (non-hydrogen) atoms. The van der Waals surface area contributed by atoms with Gasteiger partial charge in [-0.15, -0.1) is 0 Å². The smallest absolute Gasteiger partial charge is 0.329 e. The van der Waals surface area contributed by atoms with Crippen molar-refractivity contribution in [1.82, 2.24) is 9.69 Å². The van der Waals surface area contributed by atoms with E-state index in [0.717, 1.165) is 24.4 Å². The molecule has 1 aromatic rings. The van der Waals surface area contributed by atoms with E-state index in [1.807, 2.05) is 0 Å². The molecule has 1 aliphatic rings. The van der Waals surface area contributed by atoms with Crippen LogP contribution in [0.25, 0.3) is 0 Å². The molecule has 5 nitrogen and oxygen atoms in total. The van der Waals surface area contributed by atoms with Crippen LogP contribution in [0.4, 0.5) is 0 Å². The van der Waals surface area contributed by atoms with Crippen LogP contribution >= 0.6 is 27.5 Å². The Balaban J connectivity index is 2.17. The monoisotopic (exact) mass is 318 g/mol. The molecule has 2 N–H and O–H groups in total. The Labute approximate surface area is 111 Å². The zero-order valence-corrected chi connectivity index (χ0v) is 11.3. The van der Waals surface area contributed by atoms with Gasteiger partial charge in [0.25, 0.3) is 5.91 Å². The average Bonchev–Trinajstić information content (AvgIpc) is 2.87. The number of aromatic nitrogens is 1. The molecule has 0 bridgehead atoms. The molecular weight excluding hydrogens is 308 g/mol. The third kappa shape index (κ3) is 2.35. The number of carbonyl (C=O) groups excluding carboxylic acids is 1. The second-order valence-electron chi connectivity index (χ2n) is 4.06. The van der Waals surface area contributed by atoms with Crippen molar-refractivity contribution in [3.8, 4) is 0 Å². The van der Waals surface area contributed by atoms with Crippen LogP contribution in [0.2, 0.25) is 0 Å². The Kier molecular flexibility index (Phi) is 3.48. The molecule has 1 heterocycles. The van der Waals surface area contributed by atoms with Gasteiger partial charge in [0, 0.05) is 5.38 Å². The largest absolute Gasteiger partial charge is 0.480 e. The van der Waals surface area contributed by atoms with E-state index in [1.54, 1.807) is 5.38 Å². The summed E-state index contributed by atoms with van der Waals surface area (Å²) >= 11 is 4.37. The predicted molar refractivity (Wildman–Crippen MR) is 66.1 cm³/mol.